The van der Waals surface area contributed by atoms with Crippen LogP contribution in [0.4, 0.5) is 5.88 Å². The predicted molar refractivity (Wildman–Crippen MR) is 91.4 cm³/mol. The van der Waals surface area contributed by atoms with Gasteiger partial charge in [-0.15, -0.1) is 0 Å². The number of ketones is 1. The molecule has 0 saturated carbocycles. The molecule has 1 aromatic heterocycles. The van der Waals surface area contributed by atoms with Crippen molar-refractivity contribution >= 4 is 29.1 Å². The number of aliphatic imine (C=N–C) groups is 1. The Morgan fingerprint density at radius 1 is 1.38 bits per heavy atom. The maximum atomic E-state index is 13.1. The molecule has 0 amide bonds. The highest BCUT2D eigenvalue weighted by atomic mass is 32.2. The molecule has 126 valence electrons. The maximum Gasteiger partial charge on any atom is 0.433 e. The highest BCUT2D eigenvalue weighted by molar-refractivity contribution is 8.01. The molecular weight excluding hydrogens is 328 g/mol. The van der Waals surface area contributed by atoms with Crippen molar-refractivity contribution in [3.63, 3.8) is 0 Å². The van der Waals surface area contributed by atoms with Gasteiger partial charge in [0.1, 0.15) is 10.7 Å². The quantitative estimate of drug-likeness (QED) is 0.599. The average Bonchev–Trinajstić information content (AvgIpc) is 3.18. The van der Waals surface area contributed by atoms with Crippen LogP contribution in [0, 0.1) is 15.5 Å². The lowest BCUT2D eigenvalue weighted by atomic mass is 9.69. The number of hydrogen-bond donors (Lipinski definition) is 0. The molecule has 7 heteroatoms. The van der Waals surface area contributed by atoms with Crippen LogP contribution in [-0.2, 0) is 4.79 Å². The van der Waals surface area contributed by atoms with Crippen molar-refractivity contribution < 1.29 is 14.1 Å². The fraction of sp³-hybridized carbons (Fsp3) is 0.529. The average molecular weight is 346 g/mol. The standard InChI is InChI=1S/C17H18N2O4S/c1-17(2)7-5-9-13(16(17)20)14(15-10(18-9)6-8-24-15)11-3-4-12(23-11)19(21)22/h3-4,14-15H,5-8H2,1-2H3. The van der Waals surface area contributed by atoms with Gasteiger partial charge in [-0.2, -0.15) is 11.8 Å². The van der Waals surface area contributed by atoms with Gasteiger partial charge in [0.25, 0.3) is 0 Å². The summed E-state index contributed by atoms with van der Waals surface area (Å²) >= 11 is 1.76. The lowest BCUT2D eigenvalue weighted by Crippen LogP contribution is -2.38. The van der Waals surface area contributed by atoms with Gasteiger partial charge in [0.15, 0.2) is 5.78 Å². The van der Waals surface area contributed by atoms with Crippen LogP contribution in [0.2, 0.25) is 0 Å². The van der Waals surface area contributed by atoms with Crippen LogP contribution in [0.15, 0.2) is 32.8 Å². The van der Waals surface area contributed by atoms with Crippen LogP contribution >= 0.6 is 11.8 Å². The second kappa shape index (κ2) is 5.31. The van der Waals surface area contributed by atoms with Gasteiger partial charge in [-0.25, -0.2) is 0 Å². The SMILES string of the molecule is CC1(C)CCC2=C(C1=O)C(c1ccc([N+](=O)[O-])o1)C1SCCC1=N2. The molecule has 4 rings (SSSR count). The summed E-state index contributed by atoms with van der Waals surface area (Å²) in [6.45, 7) is 3.92. The first kappa shape index (κ1) is 15.6. The minimum Gasteiger partial charge on any atom is -0.405 e. The second-order valence-electron chi connectivity index (χ2n) is 7.13. The normalized spacial score (nSPS) is 28.4. The minimum absolute atomic E-state index is 0.0485. The Morgan fingerprint density at radius 2 is 2.17 bits per heavy atom. The second-order valence-corrected chi connectivity index (χ2v) is 8.38. The van der Waals surface area contributed by atoms with Crippen molar-refractivity contribution in [3.05, 3.63) is 39.3 Å². The van der Waals surface area contributed by atoms with Crippen LogP contribution in [0.25, 0.3) is 0 Å². The summed E-state index contributed by atoms with van der Waals surface area (Å²) in [5, 5.41) is 11.0. The first-order valence-electron chi connectivity index (χ1n) is 8.09. The molecule has 0 N–H and O–H groups in total. The topological polar surface area (TPSA) is 85.7 Å². The molecule has 1 aliphatic carbocycles. The predicted octanol–water partition coefficient (Wildman–Crippen LogP) is 3.87. The first-order chi connectivity index (χ1) is 11.4. The smallest absolute Gasteiger partial charge is 0.405 e. The van der Waals surface area contributed by atoms with E-state index in [1.54, 1.807) is 17.8 Å². The van der Waals surface area contributed by atoms with E-state index in [1.807, 2.05) is 13.8 Å². The molecule has 1 saturated heterocycles. The zero-order chi connectivity index (χ0) is 17.1. The molecule has 3 aliphatic rings. The van der Waals surface area contributed by atoms with E-state index in [9.17, 15) is 14.9 Å². The molecule has 1 aromatic rings. The van der Waals surface area contributed by atoms with E-state index in [0.717, 1.165) is 36.4 Å². The van der Waals surface area contributed by atoms with Crippen molar-refractivity contribution in [2.24, 2.45) is 10.4 Å². The Bertz CT molecular complexity index is 805. The van der Waals surface area contributed by atoms with Gasteiger partial charge >= 0.3 is 5.88 Å². The molecule has 0 aromatic carbocycles. The summed E-state index contributed by atoms with van der Waals surface area (Å²) in [5.41, 5.74) is 2.23. The highest BCUT2D eigenvalue weighted by Crippen LogP contribution is 2.51. The Kier molecular flexibility index (Phi) is 3.46. The number of nitro groups is 1. The van der Waals surface area contributed by atoms with Crippen LogP contribution < -0.4 is 0 Å². The Labute approximate surface area is 143 Å². The highest BCUT2D eigenvalue weighted by Gasteiger charge is 2.48. The van der Waals surface area contributed by atoms with Crippen LogP contribution in [0.1, 0.15) is 44.8 Å². The Hall–Kier alpha value is -1.89. The molecule has 3 heterocycles. The van der Waals surface area contributed by atoms with E-state index in [2.05, 4.69) is 0 Å². The zero-order valence-corrected chi connectivity index (χ0v) is 14.4. The number of Topliss-reactive ketones (excluding diaryl/α,β-unsaturated/α-hetero) is 1. The summed E-state index contributed by atoms with van der Waals surface area (Å²) in [4.78, 5) is 28.3. The third-order valence-electron chi connectivity index (χ3n) is 5.13. The van der Waals surface area contributed by atoms with Crippen LogP contribution in [0.5, 0.6) is 0 Å². The molecule has 0 radical (unpaired) electrons. The third-order valence-corrected chi connectivity index (χ3v) is 6.48. The maximum absolute atomic E-state index is 13.1. The third kappa shape index (κ3) is 2.25. The van der Waals surface area contributed by atoms with E-state index >= 15 is 0 Å². The molecule has 0 spiro atoms. The molecule has 2 aliphatic heterocycles. The molecule has 0 bridgehead atoms. The van der Waals surface area contributed by atoms with Crippen molar-refractivity contribution in [2.75, 3.05) is 5.75 Å². The fourth-order valence-electron chi connectivity index (χ4n) is 3.77. The molecule has 2 unspecified atom stereocenters. The van der Waals surface area contributed by atoms with Crippen molar-refractivity contribution in [3.8, 4) is 0 Å². The largest absolute Gasteiger partial charge is 0.433 e. The van der Waals surface area contributed by atoms with Gasteiger partial charge in [0, 0.05) is 22.4 Å². The number of nitrogens with zero attached hydrogens (tertiary/aromatic N) is 2. The van der Waals surface area contributed by atoms with Crippen LogP contribution in [0.3, 0.4) is 0 Å². The summed E-state index contributed by atoms with van der Waals surface area (Å²) in [5.74, 6) is 1.03. The summed E-state index contributed by atoms with van der Waals surface area (Å²) in [6.07, 6.45) is 2.46. The summed E-state index contributed by atoms with van der Waals surface area (Å²) in [7, 11) is 0. The van der Waals surface area contributed by atoms with Gasteiger partial charge in [0.2, 0.25) is 0 Å². The molecule has 24 heavy (non-hydrogen) atoms. The first-order valence-corrected chi connectivity index (χ1v) is 9.14. The minimum atomic E-state index is -0.537. The monoisotopic (exact) mass is 346 g/mol. The van der Waals surface area contributed by atoms with Gasteiger partial charge in [-0.3, -0.25) is 19.9 Å². The number of rotatable bonds is 2. The molecular formula is C17H18N2O4S. The van der Waals surface area contributed by atoms with Gasteiger partial charge in [-0.05, 0) is 31.1 Å². The fourth-order valence-corrected chi connectivity index (χ4v) is 5.18. The number of fused-ring (bicyclic) bond motifs is 1. The van der Waals surface area contributed by atoms with E-state index in [4.69, 9.17) is 9.41 Å². The van der Waals surface area contributed by atoms with Gasteiger partial charge in [0.05, 0.1) is 17.2 Å². The number of furan rings is 1. The summed E-state index contributed by atoms with van der Waals surface area (Å²) < 4.78 is 5.50. The van der Waals surface area contributed by atoms with E-state index in [1.165, 1.54) is 6.07 Å². The lowest BCUT2D eigenvalue weighted by molar-refractivity contribution is -0.402. The Balaban J connectivity index is 1.85. The molecule has 2 atom stereocenters. The van der Waals surface area contributed by atoms with Gasteiger partial charge in [-0.1, -0.05) is 13.8 Å². The number of carbonyl (C=O) groups excluding carboxylic acids is 1. The number of thioether (sulfide) groups is 1. The number of hydrogen-bond acceptors (Lipinski definition) is 6. The zero-order valence-electron chi connectivity index (χ0n) is 13.6. The van der Waals surface area contributed by atoms with E-state index in [-0.39, 0.29) is 22.8 Å². The van der Waals surface area contributed by atoms with Crippen molar-refractivity contribution in [1.82, 2.24) is 0 Å². The Morgan fingerprint density at radius 3 is 2.88 bits per heavy atom. The van der Waals surface area contributed by atoms with Crippen molar-refractivity contribution in [1.29, 1.82) is 0 Å². The van der Waals surface area contributed by atoms with Crippen molar-refractivity contribution in [2.45, 2.75) is 44.3 Å². The number of carbonyl (C=O) groups is 1. The van der Waals surface area contributed by atoms with E-state index in [0.29, 0.717) is 11.3 Å². The molecule has 1 fully saturated rings. The molecule has 6 nitrogen and oxygen atoms in total. The number of allylic oxidation sites excluding steroid dienone is 2. The van der Waals surface area contributed by atoms with Gasteiger partial charge < -0.3 is 4.42 Å². The lowest BCUT2D eigenvalue weighted by Gasteiger charge is -2.37. The van der Waals surface area contributed by atoms with E-state index < -0.39 is 10.3 Å². The summed E-state index contributed by atoms with van der Waals surface area (Å²) in [6, 6.07) is 3.02. The van der Waals surface area contributed by atoms with Crippen LogP contribution in [-0.4, -0.2) is 27.4 Å².